The predicted molar refractivity (Wildman–Crippen MR) is 95.4 cm³/mol. The van der Waals surface area contributed by atoms with Crippen molar-refractivity contribution in [3.8, 4) is 22.7 Å². The number of rotatable bonds is 2. The van der Waals surface area contributed by atoms with Crippen LogP contribution in [0.4, 0.5) is 4.39 Å². The van der Waals surface area contributed by atoms with E-state index in [9.17, 15) is 8.60 Å². The highest BCUT2D eigenvalue weighted by atomic mass is 35.5. The minimum Gasteiger partial charge on any atom is -0.483 e. The number of halogens is 2. The molecule has 0 fully saturated rings. The molecule has 1 aromatic heterocycles. The van der Waals surface area contributed by atoms with Gasteiger partial charge in [-0.05, 0) is 43.3 Å². The summed E-state index contributed by atoms with van der Waals surface area (Å²) in [5, 5.41) is 0.0662. The van der Waals surface area contributed by atoms with Gasteiger partial charge < -0.3 is 4.74 Å². The molecule has 2 heterocycles. The highest BCUT2D eigenvalue weighted by molar-refractivity contribution is 7.84. The Kier molecular flexibility index (Phi) is 3.89. The highest BCUT2D eigenvalue weighted by Crippen LogP contribution is 2.38. The molecule has 4 rings (SSSR count). The van der Waals surface area contributed by atoms with E-state index in [0.717, 1.165) is 28.5 Å². The lowest BCUT2D eigenvalue weighted by Gasteiger charge is -2.22. The number of hydrogen-bond donors (Lipinski definition) is 0. The highest BCUT2D eigenvalue weighted by Gasteiger charge is 2.25. The molecule has 128 valence electrons. The fraction of sp³-hybridized carbons (Fsp3) is 0.167. The maximum Gasteiger partial charge on any atom is 0.152 e. The molecule has 25 heavy (non-hydrogen) atoms. The molecule has 1 aliphatic rings. The summed E-state index contributed by atoms with van der Waals surface area (Å²) in [4.78, 5) is 5.28. The molecule has 2 aromatic carbocycles. The van der Waals surface area contributed by atoms with Gasteiger partial charge >= 0.3 is 0 Å². The maximum absolute atomic E-state index is 13.5. The van der Waals surface area contributed by atoms with Crippen LogP contribution in [-0.2, 0) is 17.4 Å². The van der Waals surface area contributed by atoms with Gasteiger partial charge in [0.15, 0.2) is 5.82 Å². The van der Waals surface area contributed by atoms with Crippen LogP contribution in [-0.4, -0.2) is 20.0 Å². The molecule has 0 bridgehead atoms. The third-order valence-corrected chi connectivity index (χ3v) is 5.38. The van der Waals surface area contributed by atoms with E-state index in [4.69, 9.17) is 16.3 Å². The normalized spacial score (nSPS) is 13.8. The first-order chi connectivity index (χ1) is 12.0. The van der Waals surface area contributed by atoms with Crippen LogP contribution in [0.2, 0.25) is 5.02 Å². The molecule has 0 spiro atoms. The molecule has 0 radical (unpaired) electrons. The van der Waals surface area contributed by atoms with E-state index >= 15 is 0 Å². The van der Waals surface area contributed by atoms with Gasteiger partial charge in [0, 0.05) is 27.5 Å². The van der Waals surface area contributed by atoms with Crippen molar-refractivity contribution in [2.45, 2.75) is 18.4 Å². The zero-order chi connectivity index (χ0) is 17.7. The van der Waals surface area contributed by atoms with Gasteiger partial charge in [-0.25, -0.2) is 9.37 Å². The standard InChI is InChI=1S/C18H14ClFN2O2S/c1-10-18(11-3-5-14(20)13(19)7-11)22-15-6-4-12(25(2)23)8-16(15)24-9-17(22)21-10/h3-8H,9H2,1-2H3. The second-order valence-corrected chi connectivity index (χ2v) is 7.59. The molecule has 1 atom stereocenters. The van der Waals surface area contributed by atoms with Crippen molar-refractivity contribution >= 4 is 22.4 Å². The van der Waals surface area contributed by atoms with Crippen LogP contribution in [0.5, 0.6) is 5.75 Å². The van der Waals surface area contributed by atoms with Gasteiger partial charge in [-0.2, -0.15) is 0 Å². The molecule has 0 saturated heterocycles. The van der Waals surface area contributed by atoms with Crippen LogP contribution in [0.25, 0.3) is 16.9 Å². The molecule has 0 saturated carbocycles. The minimum atomic E-state index is -1.09. The van der Waals surface area contributed by atoms with Crippen LogP contribution in [0, 0.1) is 12.7 Å². The summed E-state index contributed by atoms with van der Waals surface area (Å²) in [5.74, 6) is 0.943. The third-order valence-electron chi connectivity index (χ3n) is 4.18. The maximum atomic E-state index is 13.5. The Hall–Kier alpha value is -2.18. The number of nitrogens with zero attached hydrogens (tertiary/aromatic N) is 2. The van der Waals surface area contributed by atoms with E-state index in [1.54, 1.807) is 24.5 Å². The fourth-order valence-corrected chi connectivity index (χ4v) is 3.75. The molecule has 0 N–H and O–H groups in total. The van der Waals surface area contributed by atoms with Crippen molar-refractivity contribution in [1.82, 2.24) is 9.55 Å². The summed E-state index contributed by atoms with van der Waals surface area (Å²) < 4.78 is 33.0. The van der Waals surface area contributed by atoms with E-state index in [1.165, 1.54) is 6.07 Å². The van der Waals surface area contributed by atoms with Crippen LogP contribution >= 0.6 is 11.6 Å². The summed E-state index contributed by atoms with van der Waals surface area (Å²) in [5.41, 5.74) is 3.23. The van der Waals surface area contributed by atoms with Gasteiger partial charge in [0.2, 0.25) is 0 Å². The van der Waals surface area contributed by atoms with Gasteiger partial charge in [0.05, 0.1) is 22.1 Å². The quantitative estimate of drug-likeness (QED) is 0.670. The number of ether oxygens (including phenoxy) is 1. The number of fused-ring (bicyclic) bond motifs is 3. The first kappa shape index (κ1) is 16.3. The van der Waals surface area contributed by atoms with Crippen molar-refractivity contribution in [2.75, 3.05) is 6.26 Å². The SMILES string of the molecule is Cc1nc2n(c1-c1ccc(F)c(Cl)c1)-c1ccc(S(C)=O)cc1OC2. The van der Waals surface area contributed by atoms with Crippen molar-refractivity contribution < 1.29 is 13.3 Å². The van der Waals surface area contributed by atoms with E-state index in [2.05, 4.69) is 4.98 Å². The predicted octanol–water partition coefficient (Wildman–Crippen LogP) is 4.27. The molecule has 1 aliphatic heterocycles. The third kappa shape index (κ3) is 2.65. The summed E-state index contributed by atoms with van der Waals surface area (Å²) in [7, 11) is -1.09. The van der Waals surface area contributed by atoms with Crippen molar-refractivity contribution in [1.29, 1.82) is 0 Å². The average molecular weight is 377 g/mol. The van der Waals surface area contributed by atoms with Crippen LogP contribution in [0.3, 0.4) is 0 Å². The largest absolute Gasteiger partial charge is 0.483 e. The van der Waals surface area contributed by atoms with Gasteiger partial charge in [-0.15, -0.1) is 0 Å². The van der Waals surface area contributed by atoms with Crippen molar-refractivity contribution in [2.24, 2.45) is 0 Å². The summed E-state index contributed by atoms with van der Waals surface area (Å²) in [6, 6.07) is 10.1. The van der Waals surface area contributed by atoms with E-state index < -0.39 is 16.6 Å². The zero-order valence-corrected chi connectivity index (χ0v) is 15.1. The minimum absolute atomic E-state index is 0.0662. The summed E-state index contributed by atoms with van der Waals surface area (Å²) >= 11 is 5.96. The lowest BCUT2D eigenvalue weighted by Crippen LogP contribution is -2.14. The zero-order valence-electron chi connectivity index (χ0n) is 13.5. The smallest absolute Gasteiger partial charge is 0.152 e. The molecular weight excluding hydrogens is 363 g/mol. The van der Waals surface area contributed by atoms with Crippen LogP contribution < -0.4 is 4.74 Å². The molecule has 0 aliphatic carbocycles. The number of aryl methyl sites for hydroxylation is 1. The van der Waals surface area contributed by atoms with E-state index in [0.29, 0.717) is 17.3 Å². The van der Waals surface area contributed by atoms with Crippen LogP contribution in [0.1, 0.15) is 11.5 Å². The Balaban J connectivity index is 1.94. The van der Waals surface area contributed by atoms with E-state index in [-0.39, 0.29) is 5.02 Å². The van der Waals surface area contributed by atoms with Crippen molar-refractivity contribution in [3.05, 3.63) is 58.8 Å². The van der Waals surface area contributed by atoms with Crippen molar-refractivity contribution in [3.63, 3.8) is 0 Å². The first-order valence-electron chi connectivity index (χ1n) is 7.60. The van der Waals surface area contributed by atoms with Gasteiger partial charge in [-0.3, -0.25) is 8.78 Å². The Morgan fingerprint density at radius 2 is 2.08 bits per heavy atom. The Morgan fingerprint density at radius 1 is 1.28 bits per heavy atom. The lowest BCUT2D eigenvalue weighted by molar-refractivity contribution is 0.279. The molecule has 7 heteroatoms. The number of aromatic nitrogens is 2. The molecule has 0 amide bonds. The molecular formula is C18H14ClFN2O2S. The Bertz CT molecular complexity index is 1030. The lowest BCUT2D eigenvalue weighted by atomic mass is 10.1. The van der Waals surface area contributed by atoms with E-state index in [1.807, 2.05) is 23.6 Å². The molecule has 3 aromatic rings. The monoisotopic (exact) mass is 376 g/mol. The van der Waals surface area contributed by atoms with Gasteiger partial charge in [-0.1, -0.05) is 11.6 Å². The second-order valence-electron chi connectivity index (χ2n) is 5.80. The fourth-order valence-electron chi connectivity index (χ4n) is 3.04. The topological polar surface area (TPSA) is 44.1 Å². The molecule has 4 nitrogen and oxygen atoms in total. The Morgan fingerprint density at radius 3 is 2.80 bits per heavy atom. The number of hydrogen-bond acceptors (Lipinski definition) is 3. The number of imidazole rings is 1. The van der Waals surface area contributed by atoms with Gasteiger partial charge in [0.1, 0.15) is 18.2 Å². The van der Waals surface area contributed by atoms with Gasteiger partial charge in [0.25, 0.3) is 0 Å². The number of benzene rings is 2. The average Bonchev–Trinajstić information content (AvgIpc) is 2.93. The second kappa shape index (κ2) is 5.97. The Labute approximate surface area is 151 Å². The summed E-state index contributed by atoms with van der Waals surface area (Å²) in [6.45, 7) is 2.20. The van der Waals surface area contributed by atoms with Crippen LogP contribution in [0.15, 0.2) is 41.3 Å². The summed E-state index contributed by atoms with van der Waals surface area (Å²) in [6.07, 6.45) is 1.63. The molecule has 1 unspecified atom stereocenters. The first-order valence-corrected chi connectivity index (χ1v) is 9.53.